The molecule has 0 bridgehead atoms. The highest BCUT2D eigenvalue weighted by atomic mass is 35.5. The van der Waals surface area contributed by atoms with Crippen molar-refractivity contribution in [1.29, 1.82) is 0 Å². The molecular weight excluding hydrogens is 383 g/mol. The third-order valence-corrected chi connectivity index (χ3v) is 5.28. The molecule has 3 rings (SSSR count). The van der Waals surface area contributed by atoms with Crippen molar-refractivity contribution in [3.63, 3.8) is 0 Å². The van der Waals surface area contributed by atoms with Gasteiger partial charge >= 0.3 is 0 Å². The first-order chi connectivity index (χ1) is 13.0. The molecule has 0 aromatic heterocycles. The van der Waals surface area contributed by atoms with Crippen LogP contribution in [0.25, 0.3) is 6.08 Å². The highest BCUT2D eigenvalue weighted by Gasteiger charge is 2.23. The molecule has 2 aromatic carbocycles. The molecule has 1 N–H and O–H groups in total. The molecular formula is C21H20Cl2N2O2. The summed E-state index contributed by atoms with van der Waals surface area (Å²) in [5.74, 6) is -0.117. The molecule has 1 fully saturated rings. The van der Waals surface area contributed by atoms with Gasteiger partial charge in [-0.25, -0.2) is 0 Å². The lowest BCUT2D eigenvalue weighted by Gasteiger charge is -2.31. The average Bonchev–Trinajstić information content (AvgIpc) is 2.70. The van der Waals surface area contributed by atoms with Crippen molar-refractivity contribution in [1.82, 2.24) is 10.2 Å². The highest BCUT2D eigenvalue weighted by molar-refractivity contribution is 6.42. The molecule has 0 radical (unpaired) electrons. The van der Waals surface area contributed by atoms with E-state index in [1.807, 2.05) is 24.3 Å². The van der Waals surface area contributed by atoms with E-state index < -0.39 is 0 Å². The standard InChI is InChI=1S/C21H20Cl2N2O2/c22-18-8-6-15(14-19(18)23)7-9-20(26)25-12-10-17(11-13-25)24-21(27)16-4-2-1-3-5-16/h1-9,14,17H,10-13H2,(H,24,27)/b9-7+. The number of nitrogens with zero attached hydrogens (tertiary/aromatic N) is 1. The number of hydrogen-bond donors (Lipinski definition) is 1. The lowest BCUT2D eigenvalue weighted by atomic mass is 10.0. The van der Waals surface area contributed by atoms with Crippen molar-refractivity contribution in [2.24, 2.45) is 0 Å². The zero-order valence-corrected chi connectivity index (χ0v) is 16.2. The minimum Gasteiger partial charge on any atom is -0.349 e. The minimum absolute atomic E-state index is 0.0473. The first-order valence-corrected chi connectivity index (χ1v) is 9.56. The first kappa shape index (κ1) is 19.5. The summed E-state index contributed by atoms with van der Waals surface area (Å²) in [5.41, 5.74) is 1.48. The van der Waals surface area contributed by atoms with Gasteiger partial charge in [-0.2, -0.15) is 0 Å². The van der Waals surface area contributed by atoms with Gasteiger partial charge in [0.1, 0.15) is 0 Å². The van der Waals surface area contributed by atoms with Gasteiger partial charge in [0.15, 0.2) is 0 Å². The first-order valence-electron chi connectivity index (χ1n) is 8.81. The van der Waals surface area contributed by atoms with E-state index in [2.05, 4.69) is 5.32 Å². The molecule has 6 heteroatoms. The van der Waals surface area contributed by atoms with Crippen molar-refractivity contribution in [3.8, 4) is 0 Å². The van der Waals surface area contributed by atoms with Gasteiger partial charge in [-0.05, 0) is 48.7 Å². The van der Waals surface area contributed by atoms with Crippen LogP contribution in [0.4, 0.5) is 0 Å². The zero-order valence-electron chi connectivity index (χ0n) is 14.7. The van der Waals surface area contributed by atoms with Crippen LogP contribution in [0.2, 0.25) is 10.0 Å². The van der Waals surface area contributed by atoms with Crippen LogP contribution in [-0.4, -0.2) is 35.8 Å². The molecule has 1 aliphatic rings. The summed E-state index contributed by atoms with van der Waals surface area (Å²) in [5, 5.41) is 3.99. The van der Waals surface area contributed by atoms with Crippen molar-refractivity contribution in [3.05, 3.63) is 75.8 Å². The summed E-state index contributed by atoms with van der Waals surface area (Å²) in [6, 6.07) is 14.5. The Morgan fingerprint density at radius 1 is 1.00 bits per heavy atom. The van der Waals surface area contributed by atoms with Crippen LogP contribution >= 0.6 is 23.2 Å². The summed E-state index contributed by atoms with van der Waals surface area (Å²) < 4.78 is 0. The molecule has 27 heavy (non-hydrogen) atoms. The number of piperidine rings is 1. The lowest BCUT2D eigenvalue weighted by molar-refractivity contribution is -0.126. The fourth-order valence-corrected chi connectivity index (χ4v) is 3.30. The molecule has 0 saturated carbocycles. The Bertz CT molecular complexity index is 845. The Morgan fingerprint density at radius 2 is 1.70 bits per heavy atom. The number of amides is 2. The van der Waals surface area contributed by atoms with E-state index in [0.717, 1.165) is 18.4 Å². The molecule has 2 aromatic rings. The number of likely N-dealkylation sites (tertiary alicyclic amines) is 1. The Kier molecular flexibility index (Phi) is 6.54. The van der Waals surface area contributed by atoms with Gasteiger partial charge in [0, 0.05) is 30.8 Å². The monoisotopic (exact) mass is 402 g/mol. The number of hydrogen-bond acceptors (Lipinski definition) is 2. The molecule has 0 atom stereocenters. The summed E-state index contributed by atoms with van der Waals surface area (Å²) in [4.78, 5) is 26.4. The van der Waals surface area contributed by atoms with E-state index >= 15 is 0 Å². The average molecular weight is 403 g/mol. The number of carbonyl (C=O) groups is 2. The predicted octanol–water partition coefficient (Wildman–Crippen LogP) is 4.43. The Labute approximate surface area is 168 Å². The van der Waals surface area contributed by atoms with Gasteiger partial charge in [0.2, 0.25) is 5.91 Å². The number of nitrogens with one attached hydrogen (secondary N) is 1. The summed E-state index contributed by atoms with van der Waals surface area (Å²) in [6.45, 7) is 1.23. The number of benzene rings is 2. The molecule has 0 unspecified atom stereocenters. The summed E-state index contributed by atoms with van der Waals surface area (Å²) in [7, 11) is 0. The maximum atomic E-state index is 12.4. The van der Waals surface area contributed by atoms with Crippen LogP contribution in [0.15, 0.2) is 54.6 Å². The predicted molar refractivity (Wildman–Crippen MR) is 109 cm³/mol. The smallest absolute Gasteiger partial charge is 0.251 e. The number of halogens is 2. The second-order valence-corrected chi connectivity index (χ2v) is 7.26. The van der Waals surface area contributed by atoms with E-state index in [9.17, 15) is 9.59 Å². The molecule has 2 amide bonds. The van der Waals surface area contributed by atoms with Crippen LogP contribution in [0.1, 0.15) is 28.8 Å². The topological polar surface area (TPSA) is 49.4 Å². The van der Waals surface area contributed by atoms with E-state index in [1.54, 1.807) is 41.3 Å². The lowest BCUT2D eigenvalue weighted by Crippen LogP contribution is -2.46. The van der Waals surface area contributed by atoms with Gasteiger partial charge in [-0.15, -0.1) is 0 Å². The van der Waals surface area contributed by atoms with Crippen molar-refractivity contribution in [2.45, 2.75) is 18.9 Å². The largest absolute Gasteiger partial charge is 0.349 e. The molecule has 1 saturated heterocycles. The van der Waals surface area contributed by atoms with Gasteiger partial charge < -0.3 is 10.2 Å². The van der Waals surface area contributed by atoms with Gasteiger partial charge in [-0.1, -0.05) is 47.5 Å². The van der Waals surface area contributed by atoms with Gasteiger partial charge in [-0.3, -0.25) is 9.59 Å². The Morgan fingerprint density at radius 3 is 2.37 bits per heavy atom. The second-order valence-electron chi connectivity index (χ2n) is 6.45. The molecule has 0 spiro atoms. The van der Waals surface area contributed by atoms with E-state index in [1.165, 1.54) is 0 Å². The second kappa shape index (κ2) is 9.07. The van der Waals surface area contributed by atoms with Crippen LogP contribution < -0.4 is 5.32 Å². The van der Waals surface area contributed by atoms with E-state index in [4.69, 9.17) is 23.2 Å². The van der Waals surface area contributed by atoms with Crippen LogP contribution in [-0.2, 0) is 4.79 Å². The zero-order chi connectivity index (χ0) is 19.2. The number of rotatable bonds is 4. The van der Waals surface area contributed by atoms with E-state index in [0.29, 0.717) is 28.7 Å². The molecule has 140 valence electrons. The summed E-state index contributed by atoms with van der Waals surface area (Å²) >= 11 is 11.9. The van der Waals surface area contributed by atoms with Crippen molar-refractivity contribution < 1.29 is 9.59 Å². The minimum atomic E-state index is -0.0695. The maximum Gasteiger partial charge on any atom is 0.251 e. The molecule has 1 heterocycles. The third kappa shape index (κ3) is 5.34. The van der Waals surface area contributed by atoms with Crippen LogP contribution in [0.5, 0.6) is 0 Å². The SMILES string of the molecule is O=C(NC1CCN(C(=O)/C=C/c2ccc(Cl)c(Cl)c2)CC1)c1ccccc1. The summed E-state index contributed by atoms with van der Waals surface area (Å²) in [6.07, 6.45) is 4.76. The van der Waals surface area contributed by atoms with Crippen LogP contribution in [0, 0.1) is 0 Å². The van der Waals surface area contributed by atoms with Gasteiger partial charge in [0.25, 0.3) is 5.91 Å². The number of carbonyl (C=O) groups excluding carboxylic acids is 2. The fourth-order valence-electron chi connectivity index (χ4n) is 2.99. The quantitative estimate of drug-likeness (QED) is 0.768. The highest BCUT2D eigenvalue weighted by Crippen LogP contribution is 2.23. The molecule has 0 aliphatic carbocycles. The molecule has 1 aliphatic heterocycles. The maximum absolute atomic E-state index is 12.4. The third-order valence-electron chi connectivity index (χ3n) is 4.54. The normalized spacial score (nSPS) is 15.1. The van der Waals surface area contributed by atoms with Crippen molar-refractivity contribution in [2.75, 3.05) is 13.1 Å². The fraction of sp³-hybridized carbons (Fsp3) is 0.238. The van der Waals surface area contributed by atoms with Crippen molar-refractivity contribution >= 4 is 41.1 Å². The Hall–Kier alpha value is -2.30. The van der Waals surface area contributed by atoms with Crippen LogP contribution in [0.3, 0.4) is 0 Å². The van der Waals surface area contributed by atoms with E-state index in [-0.39, 0.29) is 17.9 Å². The van der Waals surface area contributed by atoms with Gasteiger partial charge in [0.05, 0.1) is 10.0 Å². The Balaban J connectivity index is 1.49. The molecule has 4 nitrogen and oxygen atoms in total.